The second kappa shape index (κ2) is 8.51. The van der Waals surface area contributed by atoms with Gasteiger partial charge in [-0.15, -0.1) is 0 Å². The van der Waals surface area contributed by atoms with Gasteiger partial charge < -0.3 is 15.0 Å². The van der Waals surface area contributed by atoms with Crippen LogP contribution in [0, 0.1) is 0 Å². The zero-order valence-corrected chi connectivity index (χ0v) is 15.8. The highest BCUT2D eigenvalue weighted by atomic mass is 16.5. The Balaban J connectivity index is 1.83. The summed E-state index contributed by atoms with van der Waals surface area (Å²) in [5.41, 5.74) is 0.848. The van der Waals surface area contributed by atoms with Gasteiger partial charge in [-0.1, -0.05) is 6.07 Å². The molecule has 0 radical (unpaired) electrons. The molecule has 0 spiro atoms. The van der Waals surface area contributed by atoms with E-state index in [0.717, 1.165) is 0 Å². The first-order valence-corrected chi connectivity index (χ1v) is 9.10. The van der Waals surface area contributed by atoms with Crippen molar-refractivity contribution >= 4 is 29.2 Å². The van der Waals surface area contributed by atoms with Gasteiger partial charge in [0.05, 0.1) is 5.69 Å². The maximum absolute atomic E-state index is 12.6. The highest BCUT2D eigenvalue weighted by molar-refractivity contribution is 6.06. The van der Waals surface area contributed by atoms with Gasteiger partial charge in [0.2, 0.25) is 5.91 Å². The number of hydrogen-bond donors (Lipinski definition) is 1. The van der Waals surface area contributed by atoms with Crippen molar-refractivity contribution in [2.24, 2.45) is 0 Å². The molecule has 3 rings (SSSR count). The van der Waals surface area contributed by atoms with Crippen LogP contribution < -0.4 is 15.0 Å². The van der Waals surface area contributed by atoms with Crippen LogP contribution in [0.4, 0.5) is 11.5 Å². The van der Waals surface area contributed by atoms with Crippen LogP contribution in [0.1, 0.15) is 24.2 Å². The van der Waals surface area contributed by atoms with Crippen LogP contribution in [0.2, 0.25) is 0 Å². The molecule has 2 aromatic rings. The maximum Gasteiger partial charge on any atom is 0.265 e. The van der Waals surface area contributed by atoms with Crippen LogP contribution in [-0.4, -0.2) is 53.8 Å². The first-order valence-electron chi connectivity index (χ1n) is 9.10. The molecule has 0 saturated carbocycles. The normalized spacial score (nSPS) is 12.8. The highest BCUT2D eigenvalue weighted by Gasteiger charge is 2.29. The Morgan fingerprint density at radius 1 is 1.21 bits per heavy atom. The van der Waals surface area contributed by atoms with E-state index in [0.29, 0.717) is 35.9 Å². The zero-order chi connectivity index (χ0) is 20.1. The van der Waals surface area contributed by atoms with Crippen molar-refractivity contribution in [3.63, 3.8) is 0 Å². The van der Waals surface area contributed by atoms with Crippen LogP contribution in [0.15, 0.2) is 42.6 Å². The third-order valence-electron chi connectivity index (χ3n) is 4.43. The summed E-state index contributed by atoms with van der Waals surface area (Å²) < 4.78 is 5.45. The predicted molar refractivity (Wildman–Crippen MR) is 104 cm³/mol. The van der Waals surface area contributed by atoms with Gasteiger partial charge in [-0.3, -0.25) is 19.3 Å². The molecule has 1 aromatic carbocycles. The summed E-state index contributed by atoms with van der Waals surface area (Å²) in [5.74, 6) is -0.0135. The molecule has 8 nitrogen and oxygen atoms in total. The molecule has 8 heteroatoms. The van der Waals surface area contributed by atoms with E-state index in [9.17, 15) is 14.4 Å². The standard InChI is InChI=1S/C20H22N4O4/c1-3-23(4-2)20(27)14-8-9-16-15(11-14)24(19(26)13-28-16)12-18(25)22-17-7-5-6-10-21-17/h5-11H,3-4,12-13H2,1-2H3,(H,21,22,25). The lowest BCUT2D eigenvalue weighted by Gasteiger charge is -2.29. The number of fused-ring (bicyclic) bond motifs is 1. The van der Waals surface area contributed by atoms with Crippen molar-refractivity contribution in [1.29, 1.82) is 0 Å². The van der Waals surface area contributed by atoms with Crippen molar-refractivity contribution in [1.82, 2.24) is 9.88 Å². The number of carbonyl (C=O) groups excluding carboxylic acids is 3. The van der Waals surface area contributed by atoms with E-state index < -0.39 is 0 Å². The number of nitrogens with one attached hydrogen (secondary N) is 1. The molecule has 146 valence electrons. The third-order valence-corrected chi connectivity index (χ3v) is 4.43. The number of anilines is 2. The Morgan fingerprint density at radius 2 is 2.00 bits per heavy atom. The van der Waals surface area contributed by atoms with E-state index in [2.05, 4.69) is 10.3 Å². The molecule has 0 bridgehead atoms. The second-order valence-electron chi connectivity index (χ2n) is 6.19. The van der Waals surface area contributed by atoms with Crippen LogP contribution in [-0.2, 0) is 9.59 Å². The van der Waals surface area contributed by atoms with Gasteiger partial charge in [-0.2, -0.15) is 0 Å². The fourth-order valence-electron chi connectivity index (χ4n) is 2.96. The molecule has 1 aromatic heterocycles. The van der Waals surface area contributed by atoms with E-state index in [1.54, 1.807) is 47.5 Å². The molecule has 0 fully saturated rings. The Kier molecular flexibility index (Phi) is 5.88. The van der Waals surface area contributed by atoms with Crippen molar-refractivity contribution < 1.29 is 19.1 Å². The number of aromatic nitrogens is 1. The molecule has 0 unspecified atom stereocenters. The Bertz CT molecular complexity index is 881. The largest absolute Gasteiger partial charge is 0.482 e. The Hall–Kier alpha value is -3.42. The summed E-state index contributed by atoms with van der Waals surface area (Å²) in [6, 6.07) is 10.1. The molecule has 1 N–H and O–H groups in total. The molecule has 3 amide bonds. The third kappa shape index (κ3) is 4.11. The van der Waals surface area contributed by atoms with Crippen LogP contribution >= 0.6 is 0 Å². The van der Waals surface area contributed by atoms with Gasteiger partial charge in [-0.05, 0) is 44.2 Å². The van der Waals surface area contributed by atoms with Crippen molar-refractivity contribution in [2.45, 2.75) is 13.8 Å². The molecule has 0 aliphatic carbocycles. The molecule has 0 atom stereocenters. The minimum Gasteiger partial charge on any atom is -0.482 e. The molecule has 2 heterocycles. The molecule has 0 saturated heterocycles. The van der Waals surface area contributed by atoms with Crippen LogP contribution in [0.5, 0.6) is 5.75 Å². The number of hydrogen-bond acceptors (Lipinski definition) is 5. The van der Waals surface area contributed by atoms with E-state index in [-0.39, 0.29) is 30.9 Å². The maximum atomic E-state index is 12.6. The number of ether oxygens (including phenoxy) is 1. The number of pyridine rings is 1. The van der Waals surface area contributed by atoms with E-state index in [1.165, 1.54) is 4.90 Å². The van der Waals surface area contributed by atoms with Gasteiger partial charge >= 0.3 is 0 Å². The first kappa shape index (κ1) is 19.3. The number of amides is 3. The predicted octanol–water partition coefficient (Wildman–Crippen LogP) is 1.93. The Morgan fingerprint density at radius 3 is 2.68 bits per heavy atom. The summed E-state index contributed by atoms with van der Waals surface area (Å²) in [6.45, 7) is 4.61. The highest BCUT2D eigenvalue weighted by Crippen LogP contribution is 2.33. The quantitative estimate of drug-likeness (QED) is 0.824. The molecule has 28 heavy (non-hydrogen) atoms. The molecule has 1 aliphatic rings. The lowest BCUT2D eigenvalue weighted by Crippen LogP contribution is -2.43. The SMILES string of the molecule is CCN(CC)C(=O)c1ccc2c(c1)N(CC(=O)Nc1ccccn1)C(=O)CO2. The summed E-state index contributed by atoms with van der Waals surface area (Å²) in [5, 5.41) is 2.65. The van der Waals surface area contributed by atoms with Crippen molar-refractivity contribution in [3.8, 4) is 5.75 Å². The monoisotopic (exact) mass is 382 g/mol. The average Bonchev–Trinajstić information content (AvgIpc) is 2.71. The van der Waals surface area contributed by atoms with E-state index in [1.807, 2.05) is 13.8 Å². The van der Waals surface area contributed by atoms with E-state index in [4.69, 9.17) is 4.74 Å². The summed E-state index contributed by atoms with van der Waals surface area (Å²) in [7, 11) is 0. The van der Waals surface area contributed by atoms with Crippen LogP contribution in [0.25, 0.3) is 0 Å². The van der Waals surface area contributed by atoms with Crippen molar-refractivity contribution in [2.75, 3.05) is 36.5 Å². The number of nitrogens with zero attached hydrogens (tertiary/aromatic N) is 3. The fourth-order valence-corrected chi connectivity index (χ4v) is 2.96. The summed E-state index contributed by atoms with van der Waals surface area (Å²) in [6.07, 6.45) is 1.57. The fraction of sp³-hybridized carbons (Fsp3) is 0.300. The minimum atomic E-state index is -0.389. The first-order chi connectivity index (χ1) is 13.5. The van der Waals surface area contributed by atoms with Gasteiger partial charge in [0.15, 0.2) is 6.61 Å². The molecule has 1 aliphatic heterocycles. The number of carbonyl (C=O) groups is 3. The second-order valence-corrected chi connectivity index (χ2v) is 6.19. The van der Waals surface area contributed by atoms with Gasteiger partial charge in [0.25, 0.3) is 11.8 Å². The lowest BCUT2D eigenvalue weighted by atomic mass is 10.1. The van der Waals surface area contributed by atoms with Crippen LogP contribution in [0.3, 0.4) is 0 Å². The van der Waals surface area contributed by atoms with Gasteiger partial charge in [0.1, 0.15) is 18.1 Å². The number of benzene rings is 1. The zero-order valence-electron chi connectivity index (χ0n) is 15.8. The molecular formula is C20H22N4O4. The topological polar surface area (TPSA) is 91.8 Å². The smallest absolute Gasteiger partial charge is 0.265 e. The summed E-state index contributed by atoms with van der Waals surface area (Å²) >= 11 is 0. The minimum absolute atomic E-state index is 0.135. The van der Waals surface area contributed by atoms with E-state index >= 15 is 0 Å². The Labute approximate surface area is 163 Å². The lowest BCUT2D eigenvalue weighted by molar-refractivity contribution is -0.123. The number of rotatable bonds is 6. The van der Waals surface area contributed by atoms with Gasteiger partial charge in [-0.25, -0.2) is 4.98 Å². The van der Waals surface area contributed by atoms with Gasteiger partial charge in [0, 0.05) is 24.8 Å². The summed E-state index contributed by atoms with van der Waals surface area (Å²) in [4.78, 5) is 44.5. The molecular weight excluding hydrogens is 360 g/mol. The van der Waals surface area contributed by atoms with Crippen molar-refractivity contribution in [3.05, 3.63) is 48.2 Å². The average molecular weight is 382 g/mol.